The van der Waals surface area contributed by atoms with Gasteiger partial charge < -0.3 is 24.4 Å². The van der Waals surface area contributed by atoms with Crippen LogP contribution in [0.25, 0.3) is 11.1 Å². The lowest BCUT2D eigenvalue weighted by Gasteiger charge is -2.36. The molecule has 2 aliphatic rings. The van der Waals surface area contributed by atoms with Gasteiger partial charge in [0.05, 0.1) is 19.9 Å². The summed E-state index contributed by atoms with van der Waals surface area (Å²) in [6.45, 7) is 7.65. The first-order chi connectivity index (χ1) is 22.7. The molecule has 5 rings (SSSR count). The Bertz CT molecular complexity index is 1470. The fourth-order valence-corrected chi connectivity index (χ4v) is 7.17. The third kappa shape index (κ3) is 8.95. The second kappa shape index (κ2) is 16.3. The van der Waals surface area contributed by atoms with Crippen molar-refractivity contribution in [3.8, 4) is 16.9 Å². The zero-order chi connectivity index (χ0) is 33.3. The maximum absolute atomic E-state index is 14.4. The molecule has 0 unspecified atom stereocenters. The minimum absolute atomic E-state index is 0.0141. The first kappa shape index (κ1) is 34.5. The van der Waals surface area contributed by atoms with Gasteiger partial charge in [-0.15, -0.1) is 0 Å². The number of ether oxygens (including phenoxy) is 3. The molecular weight excluding hydrogens is 592 g/mol. The molecule has 0 bridgehead atoms. The lowest BCUT2D eigenvalue weighted by atomic mass is 9.78. The second-order valence-electron chi connectivity index (χ2n) is 13.6. The zero-order valence-electron chi connectivity index (χ0n) is 28.7. The lowest BCUT2D eigenvalue weighted by molar-refractivity contribution is -0.123. The van der Waals surface area contributed by atoms with E-state index in [1.165, 1.54) is 11.1 Å². The predicted molar refractivity (Wildman–Crippen MR) is 185 cm³/mol. The largest absolute Gasteiger partial charge is 0.496 e. The molecule has 0 aliphatic heterocycles. The minimum Gasteiger partial charge on any atom is -0.496 e. The van der Waals surface area contributed by atoms with Crippen molar-refractivity contribution >= 4 is 17.7 Å². The molecule has 1 heterocycles. The molecule has 9 heteroatoms. The number of anilines is 1. The molecule has 0 atom stereocenters. The van der Waals surface area contributed by atoms with Crippen LogP contribution in [0, 0.1) is 18.8 Å². The first-order valence-corrected chi connectivity index (χ1v) is 17.3. The van der Waals surface area contributed by atoms with Crippen LogP contribution in [0.2, 0.25) is 0 Å². The highest BCUT2D eigenvalue weighted by atomic mass is 16.6. The molecule has 47 heavy (non-hydrogen) atoms. The summed E-state index contributed by atoms with van der Waals surface area (Å²) in [7, 11) is 3.30. The fourth-order valence-electron chi connectivity index (χ4n) is 7.17. The van der Waals surface area contributed by atoms with Gasteiger partial charge in [0.25, 0.3) is 0 Å². The highest BCUT2D eigenvalue weighted by molar-refractivity contribution is 5.95. The van der Waals surface area contributed by atoms with Crippen LogP contribution in [-0.4, -0.2) is 61.8 Å². The summed E-state index contributed by atoms with van der Waals surface area (Å²) in [5, 5.41) is 7.52. The first-order valence-electron chi connectivity index (χ1n) is 17.3. The summed E-state index contributed by atoms with van der Waals surface area (Å²) in [4.78, 5) is 28.6. The molecule has 2 amide bonds. The summed E-state index contributed by atoms with van der Waals surface area (Å²) in [6.07, 6.45) is 10.9. The number of hydrogen-bond donors (Lipinski definition) is 1. The van der Waals surface area contributed by atoms with Gasteiger partial charge in [-0.2, -0.15) is 5.10 Å². The molecule has 1 aromatic heterocycles. The number of nitrogens with zero attached hydrogens (tertiary/aromatic N) is 3. The summed E-state index contributed by atoms with van der Waals surface area (Å²) in [5.74, 6) is 2.01. The molecule has 3 aromatic rings. The maximum Gasteiger partial charge on any atom is 0.407 e. The van der Waals surface area contributed by atoms with Gasteiger partial charge in [0, 0.05) is 49.1 Å². The smallest absolute Gasteiger partial charge is 0.407 e. The number of methoxy groups -OCH3 is 2. The Kier molecular flexibility index (Phi) is 12.0. The van der Waals surface area contributed by atoms with E-state index in [1.54, 1.807) is 14.2 Å². The number of rotatable bonds is 12. The van der Waals surface area contributed by atoms with Crippen LogP contribution in [-0.2, 0) is 14.3 Å². The number of carbonyl (C=O) groups is 2. The van der Waals surface area contributed by atoms with Crippen LogP contribution in [0.3, 0.4) is 0 Å². The van der Waals surface area contributed by atoms with E-state index in [1.807, 2.05) is 10.9 Å². The molecule has 254 valence electrons. The third-order valence-corrected chi connectivity index (χ3v) is 9.98. The van der Waals surface area contributed by atoms with Gasteiger partial charge in [-0.3, -0.25) is 9.48 Å². The number of carbonyl (C=O) groups excluding carboxylic acids is 2. The topological polar surface area (TPSA) is 94.9 Å². The fraction of sp³-hybridized carbons (Fsp3) is 0.553. The molecule has 2 saturated carbocycles. The van der Waals surface area contributed by atoms with Crippen molar-refractivity contribution in [2.75, 3.05) is 38.9 Å². The van der Waals surface area contributed by atoms with Gasteiger partial charge in [-0.25, -0.2) is 4.79 Å². The average Bonchev–Trinajstić information content (AvgIpc) is 3.59. The Balaban J connectivity index is 1.28. The van der Waals surface area contributed by atoms with E-state index in [9.17, 15) is 9.59 Å². The average molecular weight is 645 g/mol. The number of aryl methyl sites for hydroxylation is 1. The number of alkyl carbamates (subject to hydrolysis) is 1. The van der Waals surface area contributed by atoms with Crippen molar-refractivity contribution < 1.29 is 23.8 Å². The van der Waals surface area contributed by atoms with Gasteiger partial charge in [-0.05, 0) is 119 Å². The van der Waals surface area contributed by atoms with E-state index >= 15 is 0 Å². The van der Waals surface area contributed by atoms with Gasteiger partial charge in [0.1, 0.15) is 12.4 Å². The summed E-state index contributed by atoms with van der Waals surface area (Å²) in [6, 6.07) is 15.2. The van der Waals surface area contributed by atoms with Crippen LogP contribution >= 0.6 is 0 Å². The predicted octanol–water partition coefficient (Wildman–Crippen LogP) is 7.69. The summed E-state index contributed by atoms with van der Waals surface area (Å²) < 4.78 is 17.6. The maximum atomic E-state index is 14.4. The molecule has 2 aliphatic carbocycles. The molecule has 2 aromatic carbocycles. The third-order valence-electron chi connectivity index (χ3n) is 9.98. The quantitative estimate of drug-likeness (QED) is 0.203. The molecule has 0 saturated heterocycles. The van der Waals surface area contributed by atoms with E-state index in [-0.39, 0.29) is 30.5 Å². The molecule has 2 fully saturated rings. The standard InChI is InChI=1S/C38H52N4O5/c1-26(2)42-25-33(23-39-42)31-7-6-8-35(22-31)41(37(43)30-13-16-34(17-14-30)40-38(44)47-20-19-45-4)24-28-9-11-29(12-10-28)32-15-18-36(46-5)27(3)21-32/h6-8,15,18,21-23,25-26,28-30,34H,9-14,16-17,19-20,24H2,1-5H3,(H,40,44)/t28-,29-,30-,34-. The number of benzene rings is 2. The number of nitrogens with one attached hydrogen (secondary N) is 1. The van der Waals surface area contributed by atoms with Gasteiger partial charge in [0.2, 0.25) is 5.91 Å². The lowest BCUT2D eigenvalue weighted by Crippen LogP contribution is -2.44. The van der Waals surface area contributed by atoms with Crippen molar-refractivity contribution in [2.24, 2.45) is 11.8 Å². The monoisotopic (exact) mass is 644 g/mol. The van der Waals surface area contributed by atoms with Crippen molar-refractivity contribution in [3.05, 3.63) is 66.0 Å². The highest BCUT2D eigenvalue weighted by Crippen LogP contribution is 2.39. The Morgan fingerprint density at radius 2 is 1.72 bits per heavy atom. The van der Waals surface area contributed by atoms with Crippen molar-refractivity contribution in [1.82, 2.24) is 15.1 Å². The van der Waals surface area contributed by atoms with Crippen molar-refractivity contribution in [2.45, 2.75) is 90.1 Å². The van der Waals surface area contributed by atoms with E-state index in [4.69, 9.17) is 14.2 Å². The summed E-state index contributed by atoms with van der Waals surface area (Å²) >= 11 is 0. The Hall–Kier alpha value is -3.85. The number of amides is 2. The van der Waals surface area contributed by atoms with Crippen LogP contribution in [0.5, 0.6) is 5.75 Å². The Morgan fingerprint density at radius 1 is 0.957 bits per heavy atom. The normalized spacial score (nSPS) is 21.3. The number of aromatic nitrogens is 2. The number of hydrogen-bond acceptors (Lipinski definition) is 6. The van der Waals surface area contributed by atoms with Gasteiger partial charge in [0.15, 0.2) is 0 Å². The second-order valence-corrected chi connectivity index (χ2v) is 13.6. The van der Waals surface area contributed by atoms with Crippen molar-refractivity contribution in [1.29, 1.82) is 0 Å². The molecule has 1 N–H and O–H groups in total. The Morgan fingerprint density at radius 3 is 2.38 bits per heavy atom. The van der Waals surface area contributed by atoms with Crippen LogP contribution < -0.4 is 15.0 Å². The van der Waals surface area contributed by atoms with Crippen LogP contribution in [0.15, 0.2) is 54.9 Å². The molecule has 0 spiro atoms. The van der Waals surface area contributed by atoms with E-state index in [0.29, 0.717) is 25.0 Å². The highest BCUT2D eigenvalue weighted by Gasteiger charge is 2.33. The molecule has 0 radical (unpaired) electrons. The van der Waals surface area contributed by atoms with Gasteiger partial charge in [-0.1, -0.05) is 24.3 Å². The Labute approximate surface area is 280 Å². The SMILES string of the molecule is COCCOC(=O)N[C@H]1CC[C@H](C(=O)N(C[C@H]2CC[C@H](c3ccc(OC)c(C)c3)CC2)c2cccc(-c3cnn(C(C)C)c3)c2)CC1. The zero-order valence-corrected chi connectivity index (χ0v) is 28.7. The summed E-state index contributed by atoms with van der Waals surface area (Å²) in [5.41, 5.74) is 5.62. The van der Waals surface area contributed by atoms with E-state index in [2.05, 4.69) is 84.7 Å². The molecule has 9 nitrogen and oxygen atoms in total. The van der Waals surface area contributed by atoms with Crippen LogP contribution in [0.4, 0.5) is 10.5 Å². The van der Waals surface area contributed by atoms with Crippen LogP contribution in [0.1, 0.15) is 88.3 Å². The molecular formula is C38H52N4O5. The minimum atomic E-state index is -0.420. The van der Waals surface area contributed by atoms with E-state index < -0.39 is 6.09 Å². The van der Waals surface area contributed by atoms with Crippen molar-refractivity contribution in [3.63, 3.8) is 0 Å². The van der Waals surface area contributed by atoms with Gasteiger partial charge >= 0.3 is 6.09 Å². The van der Waals surface area contributed by atoms with E-state index in [0.717, 1.165) is 73.9 Å².